The molecule has 132 valence electrons. The predicted molar refractivity (Wildman–Crippen MR) is 95.1 cm³/mol. The third-order valence-corrected chi connectivity index (χ3v) is 4.32. The average Bonchev–Trinajstić information content (AvgIpc) is 2.62. The highest BCUT2D eigenvalue weighted by Crippen LogP contribution is 2.14. The first kappa shape index (κ1) is 17.3. The van der Waals surface area contributed by atoms with Crippen molar-refractivity contribution in [2.45, 2.75) is 13.3 Å². The van der Waals surface area contributed by atoms with Gasteiger partial charge in [-0.1, -0.05) is 19.1 Å². The van der Waals surface area contributed by atoms with Crippen LogP contribution in [-0.2, 0) is 11.2 Å². The lowest BCUT2D eigenvalue weighted by Gasteiger charge is -2.34. The fourth-order valence-corrected chi connectivity index (χ4v) is 2.87. The van der Waals surface area contributed by atoms with Gasteiger partial charge < -0.3 is 15.1 Å². The number of likely N-dealkylation sites (N-methyl/N-ethyl adjacent to an activating group) is 1. The van der Waals surface area contributed by atoms with E-state index in [1.807, 2.05) is 6.07 Å². The molecule has 1 amide bonds. The summed E-state index contributed by atoms with van der Waals surface area (Å²) in [6.45, 7) is 7.11. The third kappa shape index (κ3) is 4.73. The molecule has 1 N–H and O–H groups in total. The van der Waals surface area contributed by atoms with E-state index in [0.717, 1.165) is 38.5 Å². The number of benzene rings is 1. The Morgan fingerprint density at radius 2 is 1.96 bits per heavy atom. The summed E-state index contributed by atoms with van der Waals surface area (Å²) >= 11 is 0. The summed E-state index contributed by atoms with van der Waals surface area (Å²) in [5, 5.41) is 11.0. The molecule has 6 nitrogen and oxygen atoms in total. The van der Waals surface area contributed by atoms with E-state index in [-0.39, 0.29) is 18.1 Å². The number of hydrogen-bond acceptors (Lipinski definition) is 5. The number of amides is 1. The van der Waals surface area contributed by atoms with Gasteiger partial charge in [0.1, 0.15) is 5.82 Å². The van der Waals surface area contributed by atoms with Crippen molar-refractivity contribution in [2.24, 2.45) is 0 Å². The number of hydrogen-bond donors (Lipinski definition) is 1. The minimum Gasteiger partial charge on any atom is -0.353 e. The fourth-order valence-electron chi connectivity index (χ4n) is 2.87. The summed E-state index contributed by atoms with van der Waals surface area (Å²) in [4.78, 5) is 16.6. The second-order valence-corrected chi connectivity index (χ2v) is 6.05. The standard InChI is InChI=1S/C18H22FN5O/c1-2-23-8-10-24(11-9-23)17-7-6-16(21-22-17)20-18(25)13-14-4-3-5-15(19)12-14/h3-7,12H,2,8-11,13H2,1H3,(H,20,21,25). The molecule has 25 heavy (non-hydrogen) atoms. The van der Waals surface area contributed by atoms with E-state index in [1.54, 1.807) is 18.2 Å². The zero-order valence-electron chi connectivity index (χ0n) is 14.3. The van der Waals surface area contributed by atoms with Crippen molar-refractivity contribution < 1.29 is 9.18 Å². The molecule has 1 aliphatic heterocycles. The molecule has 0 atom stereocenters. The minimum atomic E-state index is -0.349. The van der Waals surface area contributed by atoms with E-state index in [1.165, 1.54) is 12.1 Å². The van der Waals surface area contributed by atoms with Gasteiger partial charge in [-0.15, -0.1) is 10.2 Å². The molecule has 0 saturated carbocycles. The van der Waals surface area contributed by atoms with Crippen LogP contribution in [0.1, 0.15) is 12.5 Å². The van der Waals surface area contributed by atoms with Crippen molar-refractivity contribution in [3.8, 4) is 0 Å². The van der Waals surface area contributed by atoms with E-state index in [9.17, 15) is 9.18 Å². The largest absolute Gasteiger partial charge is 0.353 e. The van der Waals surface area contributed by atoms with Gasteiger partial charge in [0.2, 0.25) is 5.91 Å². The minimum absolute atomic E-state index is 0.0974. The number of carbonyl (C=O) groups excluding carboxylic acids is 1. The summed E-state index contributed by atoms with van der Waals surface area (Å²) in [5.74, 6) is 0.623. The first-order chi connectivity index (χ1) is 12.1. The van der Waals surface area contributed by atoms with Gasteiger partial charge in [-0.25, -0.2) is 4.39 Å². The van der Waals surface area contributed by atoms with Gasteiger partial charge in [-0.2, -0.15) is 0 Å². The molecule has 0 spiro atoms. The number of carbonyl (C=O) groups is 1. The number of nitrogens with one attached hydrogen (secondary N) is 1. The Balaban J connectivity index is 1.54. The molecule has 1 aromatic carbocycles. The second-order valence-electron chi connectivity index (χ2n) is 6.05. The average molecular weight is 343 g/mol. The van der Waals surface area contributed by atoms with Crippen LogP contribution < -0.4 is 10.2 Å². The summed E-state index contributed by atoms with van der Waals surface area (Å²) in [7, 11) is 0. The van der Waals surface area contributed by atoms with Crippen LogP contribution in [0.15, 0.2) is 36.4 Å². The van der Waals surface area contributed by atoms with Crippen LogP contribution in [0.2, 0.25) is 0 Å². The summed E-state index contributed by atoms with van der Waals surface area (Å²) in [5.41, 5.74) is 0.621. The Hall–Kier alpha value is -2.54. The van der Waals surface area contributed by atoms with Crippen molar-refractivity contribution in [2.75, 3.05) is 42.9 Å². The Morgan fingerprint density at radius 1 is 1.16 bits per heavy atom. The van der Waals surface area contributed by atoms with Crippen LogP contribution >= 0.6 is 0 Å². The molecule has 1 fully saturated rings. The molecular formula is C18H22FN5O. The molecule has 0 radical (unpaired) electrons. The summed E-state index contributed by atoms with van der Waals surface area (Å²) in [6, 6.07) is 9.62. The lowest BCUT2D eigenvalue weighted by Crippen LogP contribution is -2.46. The SMILES string of the molecule is CCN1CCN(c2ccc(NC(=O)Cc3cccc(F)c3)nn2)CC1. The van der Waals surface area contributed by atoms with Crippen LogP contribution in [0.4, 0.5) is 16.0 Å². The zero-order valence-corrected chi connectivity index (χ0v) is 14.3. The quantitative estimate of drug-likeness (QED) is 0.899. The first-order valence-corrected chi connectivity index (χ1v) is 8.49. The van der Waals surface area contributed by atoms with Crippen LogP contribution in [0, 0.1) is 5.82 Å². The van der Waals surface area contributed by atoms with Gasteiger partial charge in [0, 0.05) is 26.2 Å². The molecule has 1 aromatic heterocycles. The van der Waals surface area contributed by atoms with E-state index in [0.29, 0.717) is 11.4 Å². The highest BCUT2D eigenvalue weighted by molar-refractivity contribution is 5.91. The number of piperazine rings is 1. The van der Waals surface area contributed by atoms with Gasteiger partial charge in [0.05, 0.1) is 6.42 Å². The van der Waals surface area contributed by atoms with Crippen LogP contribution in [0.25, 0.3) is 0 Å². The maximum atomic E-state index is 13.2. The Labute approximate surface area is 146 Å². The van der Waals surface area contributed by atoms with Crippen molar-refractivity contribution in [1.29, 1.82) is 0 Å². The molecule has 0 aliphatic carbocycles. The maximum absolute atomic E-state index is 13.2. The molecule has 0 bridgehead atoms. The smallest absolute Gasteiger partial charge is 0.229 e. The number of aromatic nitrogens is 2. The van der Waals surface area contributed by atoms with Gasteiger partial charge in [0.15, 0.2) is 11.6 Å². The number of nitrogens with zero attached hydrogens (tertiary/aromatic N) is 4. The molecule has 1 saturated heterocycles. The topological polar surface area (TPSA) is 61.4 Å². The predicted octanol–water partition coefficient (Wildman–Crippen LogP) is 1.94. The van der Waals surface area contributed by atoms with Crippen LogP contribution in [-0.4, -0.2) is 53.7 Å². The summed E-state index contributed by atoms with van der Waals surface area (Å²) < 4.78 is 13.2. The van der Waals surface area contributed by atoms with Crippen LogP contribution in [0.3, 0.4) is 0 Å². The van der Waals surface area contributed by atoms with Gasteiger partial charge in [-0.05, 0) is 36.4 Å². The third-order valence-electron chi connectivity index (χ3n) is 4.32. The lowest BCUT2D eigenvalue weighted by molar-refractivity contribution is -0.115. The van der Waals surface area contributed by atoms with Crippen molar-refractivity contribution in [3.63, 3.8) is 0 Å². The van der Waals surface area contributed by atoms with E-state index in [4.69, 9.17) is 0 Å². The first-order valence-electron chi connectivity index (χ1n) is 8.49. The van der Waals surface area contributed by atoms with E-state index in [2.05, 4.69) is 32.2 Å². The van der Waals surface area contributed by atoms with Crippen molar-refractivity contribution >= 4 is 17.5 Å². The molecule has 2 heterocycles. The Bertz CT molecular complexity index is 714. The normalized spacial score (nSPS) is 15.2. The highest BCUT2D eigenvalue weighted by atomic mass is 19.1. The molecule has 3 rings (SSSR count). The maximum Gasteiger partial charge on any atom is 0.229 e. The molecule has 7 heteroatoms. The molecular weight excluding hydrogens is 321 g/mol. The van der Waals surface area contributed by atoms with Gasteiger partial charge >= 0.3 is 0 Å². The Morgan fingerprint density at radius 3 is 2.60 bits per heavy atom. The fraction of sp³-hybridized carbons (Fsp3) is 0.389. The Kier molecular flexibility index (Phi) is 5.55. The molecule has 0 unspecified atom stereocenters. The van der Waals surface area contributed by atoms with E-state index >= 15 is 0 Å². The van der Waals surface area contributed by atoms with Crippen LogP contribution in [0.5, 0.6) is 0 Å². The zero-order chi connectivity index (χ0) is 17.6. The monoisotopic (exact) mass is 343 g/mol. The number of anilines is 2. The van der Waals surface area contributed by atoms with Crippen molar-refractivity contribution in [3.05, 3.63) is 47.8 Å². The van der Waals surface area contributed by atoms with E-state index < -0.39 is 0 Å². The summed E-state index contributed by atoms with van der Waals surface area (Å²) in [6.07, 6.45) is 0.0974. The number of rotatable bonds is 5. The van der Waals surface area contributed by atoms with Gasteiger partial charge in [-0.3, -0.25) is 4.79 Å². The second kappa shape index (κ2) is 8.02. The van der Waals surface area contributed by atoms with Gasteiger partial charge in [0.25, 0.3) is 0 Å². The van der Waals surface area contributed by atoms with Crippen molar-refractivity contribution in [1.82, 2.24) is 15.1 Å². The molecule has 1 aliphatic rings. The highest BCUT2D eigenvalue weighted by Gasteiger charge is 2.17. The number of halogens is 1. The molecule has 2 aromatic rings. The lowest BCUT2D eigenvalue weighted by atomic mass is 10.1.